The molecule has 1 atom stereocenters. The van der Waals surface area contributed by atoms with E-state index in [9.17, 15) is 0 Å². The largest absolute Gasteiger partial charge is 0.497 e. The number of hydrogen-bond acceptors (Lipinski definition) is 5. The van der Waals surface area contributed by atoms with Crippen LogP contribution in [0.2, 0.25) is 0 Å². The lowest BCUT2D eigenvalue weighted by Crippen LogP contribution is -2.02. The molecule has 0 radical (unpaired) electrons. The third-order valence-electron chi connectivity index (χ3n) is 4.69. The average Bonchev–Trinajstić information content (AvgIpc) is 3.22. The summed E-state index contributed by atoms with van der Waals surface area (Å²) in [7, 11) is 1.67. The van der Waals surface area contributed by atoms with E-state index in [4.69, 9.17) is 4.74 Å². The zero-order chi connectivity index (χ0) is 20.1. The Kier molecular flexibility index (Phi) is 5.91. The van der Waals surface area contributed by atoms with Gasteiger partial charge in [-0.25, -0.2) is 0 Å². The van der Waals surface area contributed by atoms with E-state index in [0.29, 0.717) is 5.25 Å². The van der Waals surface area contributed by atoms with Crippen LogP contribution in [0, 0.1) is 0 Å². The first-order valence-corrected chi connectivity index (χ1v) is 10.4. The van der Waals surface area contributed by atoms with E-state index in [-0.39, 0.29) is 0 Å². The van der Waals surface area contributed by atoms with Gasteiger partial charge in [-0.2, -0.15) is 0 Å². The van der Waals surface area contributed by atoms with E-state index in [1.54, 1.807) is 31.3 Å². The molecule has 6 heteroatoms. The smallest absolute Gasteiger partial charge is 0.196 e. The summed E-state index contributed by atoms with van der Waals surface area (Å²) in [6, 6.07) is 22.4. The van der Waals surface area contributed by atoms with Gasteiger partial charge in [-0.3, -0.25) is 9.55 Å². The van der Waals surface area contributed by atoms with E-state index in [0.717, 1.165) is 34.4 Å². The Morgan fingerprint density at radius 2 is 1.66 bits per heavy atom. The maximum Gasteiger partial charge on any atom is 0.196 e. The van der Waals surface area contributed by atoms with Crippen LogP contribution in [-0.4, -0.2) is 26.9 Å². The molecule has 5 nitrogen and oxygen atoms in total. The fourth-order valence-corrected chi connectivity index (χ4v) is 4.28. The van der Waals surface area contributed by atoms with Crippen LogP contribution >= 0.6 is 11.8 Å². The number of rotatable bonds is 7. The lowest BCUT2D eigenvalue weighted by atomic mass is 10.1. The fourth-order valence-electron chi connectivity index (χ4n) is 3.18. The maximum atomic E-state index is 5.32. The molecule has 146 valence electrons. The Morgan fingerprint density at radius 3 is 2.31 bits per heavy atom. The van der Waals surface area contributed by atoms with Crippen LogP contribution in [0.15, 0.2) is 84.3 Å². The molecular weight excluding hydrogens is 380 g/mol. The third kappa shape index (κ3) is 4.17. The first kappa shape index (κ1) is 19.2. The van der Waals surface area contributed by atoms with Crippen LogP contribution in [-0.2, 0) is 0 Å². The van der Waals surface area contributed by atoms with E-state index in [1.807, 2.05) is 42.5 Å². The number of aromatic nitrogens is 4. The van der Waals surface area contributed by atoms with Crippen molar-refractivity contribution in [2.75, 3.05) is 7.11 Å². The normalized spacial score (nSPS) is 11.9. The number of ether oxygens (including phenoxy) is 1. The minimum atomic E-state index is 0.294. The van der Waals surface area contributed by atoms with Crippen molar-refractivity contribution >= 4 is 11.8 Å². The van der Waals surface area contributed by atoms with Crippen molar-refractivity contribution in [2.24, 2.45) is 0 Å². The van der Waals surface area contributed by atoms with Crippen molar-refractivity contribution in [1.29, 1.82) is 0 Å². The number of hydrogen-bond donors (Lipinski definition) is 0. The summed E-state index contributed by atoms with van der Waals surface area (Å²) in [6.45, 7) is 2.20. The number of benzene rings is 2. The van der Waals surface area contributed by atoms with Gasteiger partial charge in [0.05, 0.1) is 7.11 Å². The summed E-state index contributed by atoms with van der Waals surface area (Å²) in [6.07, 6.45) is 4.54. The second-order valence-corrected chi connectivity index (χ2v) is 7.67. The van der Waals surface area contributed by atoms with Gasteiger partial charge in [0.2, 0.25) is 0 Å². The van der Waals surface area contributed by atoms with Crippen LogP contribution in [0.1, 0.15) is 24.2 Å². The summed E-state index contributed by atoms with van der Waals surface area (Å²) >= 11 is 1.73. The summed E-state index contributed by atoms with van der Waals surface area (Å²) in [5.74, 6) is 1.61. The highest BCUT2D eigenvalue weighted by Gasteiger charge is 2.20. The standard InChI is InChI=1S/C23H22N4OS/c1-3-21(17-7-5-4-6-8-17)29-23-26-25-22(18-13-15-24-16-14-18)27(23)19-9-11-20(28-2)12-10-19/h4-16,21H,3H2,1-2H3. The van der Waals surface area contributed by atoms with E-state index >= 15 is 0 Å². The highest BCUT2D eigenvalue weighted by Crippen LogP contribution is 2.39. The molecule has 0 saturated heterocycles. The van der Waals surface area contributed by atoms with Gasteiger partial charge in [-0.1, -0.05) is 49.0 Å². The van der Waals surface area contributed by atoms with Crippen LogP contribution in [0.25, 0.3) is 17.1 Å². The molecule has 2 aromatic heterocycles. The van der Waals surface area contributed by atoms with E-state index < -0.39 is 0 Å². The fraction of sp³-hybridized carbons (Fsp3) is 0.174. The highest BCUT2D eigenvalue weighted by atomic mass is 32.2. The minimum absolute atomic E-state index is 0.294. The molecular formula is C23H22N4OS. The molecule has 0 bridgehead atoms. The van der Waals surface area contributed by atoms with Crippen molar-refractivity contribution in [3.05, 3.63) is 84.7 Å². The second-order valence-electron chi connectivity index (χ2n) is 6.50. The number of thioether (sulfide) groups is 1. The Bertz CT molecular complexity index is 1050. The minimum Gasteiger partial charge on any atom is -0.497 e. The van der Waals surface area contributed by atoms with Crippen LogP contribution in [0.5, 0.6) is 5.75 Å². The molecule has 0 spiro atoms. The highest BCUT2D eigenvalue weighted by molar-refractivity contribution is 7.99. The van der Waals surface area contributed by atoms with Gasteiger partial charge in [0.1, 0.15) is 5.75 Å². The Morgan fingerprint density at radius 1 is 0.931 bits per heavy atom. The SMILES string of the molecule is CCC(Sc1nnc(-c2ccncc2)n1-c1ccc(OC)cc1)c1ccccc1. The summed E-state index contributed by atoms with van der Waals surface area (Å²) < 4.78 is 7.42. The molecule has 0 saturated carbocycles. The Hall–Kier alpha value is -3.12. The number of pyridine rings is 1. The predicted molar refractivity (Wildman–Crippen MR) is 116 cm³/mol. The molecule has 0 amide bonds. The van der Waals surface area contributed by atoms with Crippen molar-refractivity contribution in [2.45, 2.75) is 23.8 Å². The van der Waals surface area contributed by atoms with E-state index in [2.05, 4.69) is 50.9 Å². The molecule has 2 heterocycles. The molecule has 0 fully saturated rings. The number of methoxy groups -OCH3 is 1. The zero-order valence-corrected chi connectivity index (χ0v) is 17.2. The van der Waals surface area contributed by atoms with Gasteiger partial charge in [0.15, 0.2) is 11.0 Å². The molecule has 2 aromatic carbocycles. The molecule has 4 rings (SSSR count). The van der Waals surface area contributed by atoms with Crippen molar-refractivity contribution in [3.63, 3.8) is 0 Å². The molecule has 29 heavy (non-hydrogen) atoms. The molecule has 4 aromatic rings. The van der Waals surface area contributed by atoms with Crippen LogP contribution in [0.3, 0.4) is 0 Å². The van der Waals surface area contributed by atoms with Gasteiger partial charge in [-0.05, 0) is 48.4 Å². The predicted octanol–water partition coefficient (Wildman–Crippen LogP) is 5.58. The second kappa shape index (κ2) is 8.92. The summed E-state index contributed by atoms with van der Waals surface area (Å²) in [5, 5.41) is 10.2. The topological polar surface area (TPSA) is 52.8 Å². The lowest BCUT2D eigenvalue weighted by molar-refractivity contribution is 0.414. The first-order chi connectivity index (χ1) is 14.3. The lowest BCUT2D eigenvalue weighted by Gasteiger charge is -2.16. The monoisotopic (exact) mass is 402 g/mol. The van der Waals surface area contributed by atoms with Crippen LogP contribution in [0.4, 0.5) is 0 Å². The van der Waals surface area contributed by atoms with E-state index in [1.165, 1.54) is 5.56 Å². The van der Waals surface area contributed by atoms with Gasteiger partial charge >= 0.3 is 0 Å². The molecule has 0 aliphatic carbocycles. The van der Waals surface area contributed by atoms with Gasteiger partial charge in [0, 0.05) is 28.9 Å². The van der Waals surface area contributed by atoms with Crippen molar-refractivity contribution < 1.29 is 4.74 Å². The average molecular weight is 403 g/mol. The molecule has 0 N–H and O–H groups in total. The molecule has 0 aliphatic heterocycles. The van der Waals surface area contributed by atoms with Gasteiger partial charge < -0.3 is 4.74 Å². The van der Waals surface area contributed by atoms with Crippen LogP contribution < -0.4 is 4.74 Å². The zero-order valence-electron chi connectivity index (χ0n) is 16.4. The van der Waals surface area contributed by atoms with Gasteiger partial charge in [-0.15, -0.1) is 10.2 Å². The van der Waals surface area contributed by atoms with Gasteiger partial charge in [0.25, 0.3) is 0 Å². The quantitative estimate of drug-likeness (QED) is 0.378. The summed E-state index contributed by atoms with van der Waals surface area (Å²) in [5.41, 5.74) is 3.26. The molecule has 1 unspecified atom stereocenters. The summed E-state index contributed by atoms with van der Waals surface area (Å²) in [4.78, 5) is 4.12. The van der Waals surface area contributed by atoms with Crippen molar-refractivity contribution in [3.8, 4) is 22.8 Å². The Labute approximate surface area is 174 Å². The first-order valence-electron chi connectivity index (χ1n) is 9.52. The van der Waals surface area contributed by atoms with Crippen molar-refractivity contribution in [1.82, 2.24) is 19.7 Å². The maximum absolute atomic E-state index is 5.32. The third-order valence-corrected chi connectivity index (χ3v) is 6.06. The Balaban J connectivity index is 1.78. The molecule has 0 aliphatic rings. The number of nitrogens with zero attached hydrogens (tertiary/aromatic N) is 4.